The van der Waals surface area contributed by atoms with Crippen LogP contribution in [0.25, 0.3) is 0 Å². The number of benzene rings is 1. The van der Waals surface area contributed by atoms with Crippen molar-refractivity contribution < 1.29 is 0 Å². The van der Waals surface area contributed by atoms with E-state index >= 15 is 0 Å². The molecule has 1 aromatic carbocycles. The molecule has 2 rings (SSSR count). The van der Waals surface area contributed by atoms with Gasteiger partial charge in [-0.2, -0.15) is 0 Å². The lowest BCUT2D eigenvalue weighted by Gasteiger charge is -2.40. The van der Waals surface area contributed by atoms with E-state index in [9.17, 15) is 0 Å². The van der Waals surface area contributed by atoms with Gasteiger partial charge in [0.2, 0.25) is 0 Å². The third-order valence-corrected chi connectivity index (χ3v) is 3.72. The number of hydrogen-bond acceptors (Lipinski definition) is 2. The summed E-state index contributed by atoms with van der Waals surface area (Å²) >= 11 is 3.52. The Morgan fingerprint density at radius 1 is 1.53 bits per heavy atom. The lowest BCUT2D eigenvalue weighted by atomic mass is 10.0. The largest absolute Gasteiger partial charge is 0.329 e. The Morgan fingerprint density at radius 2 is 2.33 bits per heavy atom. The molecular weight excluding hydrogens is 252 g/mol. The smallest absolute Gasteiger partial charge is 0.0240 e. The zero-order chi connectivity index (χ0) is 10.8. The number of halogens is 1. The van der Waals surface area contributed by atoms with Gasteiger partial charge >= 0.3 is 0 Å². The minimum Gasteiger partial charge on any atom is -0.329 e. The zero-order valence-electron chi connectivity index (χ0n) is 9.04. The van der Waals surface area contributed by atoms with E-state index in [0.717, 1.165) is 17.6 Å². The molecule has 1 unspecified atom stereocenters. The van der Waals surface area contributed by atoms with E-state index < -0.39 is 0 Å². The molecule has 1 atom stereocenters. The quantitative estimate of drug-likeness (QED) is 0.912. The highest BCUT2D eigenvalue weighted by Crippen LogP contribution is 2.23. The summed E-state index contributed by atoms with van der Waals surface area (Å²) in [7, 11) is 0. The summed E-state index contributed by atoms with van der Waals surface area (Å²) in [6.07, 6.45) is 1.25. The molecule has 0 aliphatic carbocycles. The van der Waals surface area contributed by atoms with Crippen molar-refractivity contribution in [2.24, 2.45) is 5.73 Å². The van der Waals surface area contributed by atoms with Crippen LogP contribution >= 0.6 is 15.9 Å². The highest BCUT2D eigenvalue weighted by molar-refractivity contribution is 9.10. The van der Waals surface area contributed by atoms with Gasteiger partial charge in [-0.3, -0.25) is 4.90 Å². The van der Waals surface area contributed by atoms with Crippen molar-refractivity contribution >= 4 is 15.9 Å². The Labute approximate surface area is 99.6 Å². The lowest BCUT2D eigenvalue weighted by molar-refractivity contribution is 0.0880. The molecule has 82 valence electrons. The average Bonchev–Trinajstić information content (AvgIpc) is 2.18. The highest BCUT2D eigenvalue weighted by Gasteiger charge is 2.26. The van der Waals surface area contributed by atoms with E-state index in [0.29, 0.717) is 6.04 Å². The first kappa shape index (κ1) is 11.1. The van der Waals surface area contributed by atoms with Crippen LogP contribution in [-0.2, 0) is 6.54 Å². The summed E-state index contributed by atoms with van der Waals surface area (Å²) in [5, 5.41) is 0. The monoisotopic (exact) mass is 268 g/mol. The van der Waals surface area contributed by atoms with Gasteiger partial charge < -0.3 is 5.73 Å². The van der Waals surface area contributed by atoms with Gasteiger partial charge in [0, 0.05) is 30.1 Å². The second-order valence-electron chi connectivity index (χ2n) is 4.22. The lowest BCUT2D eigenvalue weighted by Crippen LogP contribution is -2.50. The van der Waals surface area contributed by atoms with Crippen LogP contribution in [0, 0.1) is 6.92 Å². The van der Waals surface area contributed by atoms with Gasteiger partial charge in [-0.1, -0.05) is 22.0 Å². The number of rotatable bonds is 3. The van der Waals surface area contributed by atoms with Gasteiger partial charge in [0.15, 0.2) is 0 Å². The molecule has 3 heteroatoms. The summed E-state index contributed by atoms with van der Waals surface area (Å²) in [4.78, 5) is 2.45. The fourth-order valence-corrected chi connectivity index (χ4v) is 2.41. The van der Waals surface area contributed by atoms with Crippen molar-refractivity contribution in [3.05, 3.63) is 33.8 Å². The molecule has 2 N–H and O–H groups in total. The van der Waals surface area contributed by atoms with E-state index in [2.05, 4.69) is 46.0 Å². The van der Waals surface area contributed by atoms with Crippen molar-refractivity contribution in [2.45, 2.75) is 25.9 Å². The van der Waals surface area contributed by atoms with Gasteiger partial charge in [0.1, 0.15) is 0 Å². The van der Waals surface area contributed by atoms with Gasteiger partial charge in [-0.15, -0.1) is 0 Å². The molecule has 15 heavy (non-hydrogen) atoms. The fourth-order valence-electron chi connectivity index (χ4n) is 2.00. The van der Waals surface area contributed by atoms with Crippen LogP contribution in [0.2, 0.25) is 0 Å². The summed E-state index contributed by atoms with van der Waals surface area (Å²) in [6.45, 7) is 5.17. The normalized spacial score (nSPS) is 21.4. The predicted octanol–water partition coefficient (Wildman–Crippen LogP) is 2.29. The van der Waals surface area contributed by atoms with E-state index in [1.54, 1.807) is 0 Å². The van der Waals surface area contributed by atoms with Crippen LogP contribution in [0.15, 0.2) is 22.7 Å². The van der Waals surface area contributed by atoms with Gasteiger partial charge in [-0.05, 0) is 36.6 Å². The number of nitrogens with zero attached hydrogens (tertiary/aromatic N) is 1. The van der Waals surface area contributed by atoms with Crippen LogP contribution in [0.3, 0.4) is 0 Å². The summed E-state index contributed by atoms with van der Waals surface area (Å²) in [6, 6.07) is 7.07. The van der Waals surface area contributed by atoms with Crippen molar-refractivity contribution in [2.75, 3.05) is 13.1 Å². The molecule has 1 aliphatic rings. The molecule has 1 saturated heterocycles. The Morgan fingerprint density at radius 3 is 2.93 bits per heavy atom. The molecule has 1 heterocycles. The van der Waals surface area contributed by atoms with Crippen molar-refractivity contribution in [1.29, 1.82) is 0 Å². The molecule has 0 aromatic heterocycles. The zero-order valence-corrected chi connectivity index (χ0v) is 10.6. The molecule has 0 radical (unpaired) electrons. The van der Waals surface area contributed by atoms with Crippen LogP contribution in [-0.4, -0.2) is 24.0 Å². The molecule has 1 aromatic rings. The minimum atomic E-state index is 0.600. The molecule has 0 spiro atoms. The third-order valence-electron chi connectivity index (χ3n) is 3.22. The molecule has 0 saturated carbocycles. The maximum absolute atomic E-state index is 5.69. The number of aryl methyl sites for hydroxylation is 1. The molecule has 0 amide bonds. The first-order valence-corrected chi connectivity index (χ1v) is 6.19. The SMILES string of the molecule is Cc1ccc(Br)cc1CN1CCC1CN. The fraction of sp³-hybridized carbons (Fsp3) is 0.500. The predicted molar refractivity (Wildman–Crippen MR) is 66.7 cm³/mol. The van der Waals surface area contributed by atoms with Crippen molar-refractivity contribution in [3.8, 4) is 0 Å². The second-order valence-corrected chi connectivity index (χ2v) is 5.14. The van der Waals surface area contributed by atoms with E-state index in [-0.39, 0.29) is 0 Å². The standard InChI is InChI=1S/C12H17BrN2/c1-9-2-3-11(13)6-10(9)8-15-5-4-12(15)7-14/h2-3,6,12H,4-5,7-8,14H2,1H3. The molecule has 2 nitrogen and oxygen atoms in total. The van der Waals surface area contributed by atoms with E-state index in [1.807, 2.05) is 0 Å². The van der Waals surface area contributed by atoms with Crippen LogP contribution in [0.5, 0.6) is 0 Å². The van der Waals surface area contributed by atoms with Crippen molar-refractivity contribution in [1.82, 2.24) is 4.90 Å². The van der Waals surface area contributed by atoms with Gasteiger partial charge in [0.05, 0.1) is 0 Å². The van der Waals surface area contributed by atoms with Crippen LogP contribution in [0.4, 0.5) is 0 Å². The van der Waals surface area contributed by atoms with E-state index in [4.69, 9.17) is 5.73 Å². The van der Waals surface area contributed by atoms with Gasteiger partial charge in [0.25, 0.3) is 0 Å². The Hall–Kier alpha value is -0.380. The van der Waals surface area contributed by atoms with E-state index in [1.165, 1.54) is 24.1 Å². The second kappa shape index (κ2) is 4.64. The summed E-state index contributed by atoms with van der Waals surface area (Å²) in [5.41, 5.74) is 8.46. The molecule has 1 aliphatic heterocycles. The average molecular weight is 269 g/mol. The Kier molecular flexibility index (Phi) is 3.44. The topological polar surface area (TPSA) is 29.3 Å². The molecule has 1 fully saturated rings. The Bertz CT molecular complexity index is 349. The third kappa shape index (κ3) is 2.41. The minimum absolute atomic E-state index is 0.600. The number of nitrogens with two attached hydrogens (primary N) is 1. The van der Waals surface area contributed by atoms with Gasteiger partial charge in [-0.25, -0.2) is 0 Å². The maximum Gasteiger partial charge on any atom is 0.0240 e. The first-order valence-electron chi connectivity index (χ1n) is 5.40. The summed E-state index contributed by atoms with van der Waals surface area (Å²) in [5.74, 6) is 0. The highest BCUT2D eigenvalue weighted by atomic mass is 79.9. The maximum atomic E-state index is 5.69. The first-order chi connectivity index (χ1) is 7.20. The Balaban J connectivity index is 2.07. The number of likely N-dealkylation sites (tertiary alicyclic amines) is 1. The molecule has 0 bridgehead atoms. The van der Waals surface area contributed by atoms with Crippen LogP contribution < -0.4 is 5.73 Å². The number of hydrogen-bond donors (Lipinski definition) is 1. The molecular formula is C12H17BrN2. The van der Waals surface area contributed by atoms with Crippen LogP contribution in [0.1, 0.15) is 17.5 Å². The van der Waals surface area contributed by atoms with Crippen molar-refractivity contribution in [3.63, 3.8) is 0 Å². The summed E-state index contributed by atoms with van der Waals surface area (Å²) < 4.78 is 1.16.